The van der Waals surface area contributed by atoms with E-state index in [1.54, 1.807) is 40.8 Å². The smallest absolute Gasteiger partial charge is 0.393 e. The number of nitrogens with zero attached hydrogens (tertiary/aromatic N) is 3. The lowest BCUT2D eigenvalue weighted by Crippen LogP contribution is -2.40. The molecule has 1 aromatic heterocycles. The van der Waals surface area contributed by atoms with Crippen LogP contribution in [-0.2, 0) is 12.7 Å². The van der Waals surface area contributed by atoms with E-state index in [1.165, 1.54) is 12.1 Å². The molecule has 1 amide bonds. The van der Waals surface area contributed by atoms with Crippen LogP contribution < -0.4 is 0 Å². The number of hydrogen-bond acceptors (Lipinski definition) is 3. The molecule has 2 heterocycles. The third-order valence-corrected chi connectivity index (χ3v) is 6.02. The summed E-state index contributed by atoms with van der Waals surface area (Å²) in [6, 6.07) is 12.9. The number of halogens is 4. The Morgan fingerprint density at radius 3 is 2.46 bits per heavy atom. The van der Waals surface area contributed by atoms with Crippen LogP contribution in [0.5, 0.6) is 0 Å². The summed E-state index contributed by atoms with van der Waals surface area (Å²) >= 11 is 0. The van der Waals surface area contributed by atoms with Gasteiger partial charge in [0.05, 0.1) is 18.2 Å². The van der Waals surface area contributed by atoms with Crippen LogP contribution in [0.15, 0.2) is 54.6 Å². The minimum Gasteiger partial charge on any atom is -0.393 e. The van der Waals surface area contributed by atoms with Gasteiger partial charge in [-0.05, 0) is 67.3 Å². The van der Waals surface area contributed by atoms with E-state index < -0.39 is 17.6 Å². The number of aryl methyl sites for hydroxylation is 1. The average Bonchev–Trinajstić information content (AvgIpc) is 3.19. The molecule has 9 heteroatoms. The quantitative estimate of drug-likeness (QED) is 0.496. The third kappa shape index (κ3) is 5.97. The highest BCUT2D eigenvalue weighted by Gasteiger charge is 2.30. The summed E-state index contributed by atoms with van der Waals surface area (Å²) in [7, 11) is 0. The number of amides is 1. The van der Waals surface area contributed by atoms with Crippen LogP contribution in [0.1, 0.15) is 51.3 Å². The lowest BCUT2D eigenvalue weighted by molar-refractivity contribution is -0.137. The van der Waals surface area contributed by atoms with E-state index in [2.05, 4.69) is 5.10 Å². The Bertz CT molecular complexity index is 1220. The predicted molar refractivity (Wildman–Crippen MR) is 124 cm³/mol. The molecule has 0 unspecified atom stereocenters. The van der Waals surface area contributed by atoms with Crippen LogP contribution in [-0.4, -0.2) is 44.9 Å². The first-order chi connectivity index (χ1) is 16.6. The van der Waals surface area contributed by atoms with Crippen LogP contribution in [0, 0.1) is 6.92 Å². The molecule has 0 atom stereocenters. The molecule has 1 saturated heterocycles. The maximum Gasteiger partial charge on any atom is 0.416 e. The van der Waals surface area contributed by atoms with Crippen LogP contribution >= 0.6 is 0 Å². The number of likely N-dealkylation sites (tertiary alicyclic amines) is 1. The molecule has 0 bridgehead atoms. The van der Waals surface area contributed by atoms with E-state index in [-0.39, 0.29) is 17.7 Å². The van der Waals surface area contributed by atoms with Crippen molar-refractivity contribution in [3.63, 3.8) is 0 Å². The van der Waals surface area contributed by atoms with Crippen LogP contribution in [0.25, 0.3) is 11.9 Å². The first-order valence-electron chi connectivity index (χ1n) is 11.3. The Balaban J connectivity index is 1.47. The molecular weight excluding hydrogens is 462 g/mol. The number of piperidine rings is 1. The number of aliphatic hydroxyl groups excluding tert-OH is 1. The zero-order chi connectivity index (χ0) is 25.2. The van der Waals surface area contributed by atoms with Gasteiger partial charge in [0.25, 0.3) is 5.91 Å². The Morgan fingerprint density at radius 1 is 1.11 bits per heavy atom. The van der Waals surface area contributed by atoms with E-state index in [1.807, 2.05) is 6.07 Å². The second kappa shape index (κ2) is 10.0. The molecule has 35 heavy (non-hydrogen) atoms. The molecule has 3 aromatic rings. The van der Waals surface area contributed by atoms with E-state index in [0.717, 1.165) is 23.8 Å². The Labute approximate surface area is 200 Å². The van der Waals surface area contributed by atoms with Crippen LogP contribution in [0.3, 0.4) is 0 Å². The van der Waals surface area contributed by atoms with Gasteiger partial charge < -0.3 is 10.0 Å². The molecule has 184 valence electrons. The predicted octanol–water partition coefficient (Wildman–Crippen LogP) is 5.32. The number of rotatable bonds is 5. The SMILES string of the molecule is Cc1cc(C(F)=Cc2ccc(C(F)(F)F)cc2)nn1Cc1cccc(C(=O)N2CCC(O)CC2)c1. The molecule has 1 N–H and O–H groups in total. The largest absolute Gasteiger partial charge is 0.416 e. The Morgan fingerprint density at radius 2 is 1.80 bits per heavy atom. The zero-order valence-corrected chi connectivity index (χ0v) is 19.1. The van der Waals surface area contributed by atoms with Gasteiger partial charge in [0, 0.05) is 24.3 Å². The number of carbonyl (C=O) groups excluding carboxylic acids is 1. The van der Waals surface area contributed by atoms with Crippen molar-refractivity contribution in [1.29, 1.82) is 0 Å². The number of benzene rings is 2. The summed E-state index contributed by atoms with van der Waals surface area (Å²) in [4.78, 5) is 14.6. The van der Waals surface area contributed by atoms with E-state index >= 15 is 0 Å². The molecule has 1 aliphatic heterocycles. The summed E-state index contributed by atoms with van der Waals surface area (Å²) < 4.78 is 54.5. The van der Waals surface area contributed by atoms with Crippen molar-refractivity contribution in [2.75, 3.05) is 13.1 Å². The number of carbonyl (C=O) groups is 1. The van der Waals surface area contributed by atoms with Gasteiger partial charge in [-0.1, -0.05) is 24.3 Å². The van der Waals surface area contributed by atoms with Gasteiger partial charge in [-0.3, -0.25) is 9.48 Å². The molecule has 0 radical (unpaired) electrons. The topological polar surface area (TPSA) is 58.4 Å². The maximum atomic E-state index is 14.8. The summed E-state index contributed by atoms with van der Waals surface area (Å²) in [5.41, 5.74) is 1.61. The van der Waals surface area contributed by atoms with Gasteiger partial charge in [-0.15, -0.1) is 0 Å². The second-order valence-electron chi connectivity index (χ2n) is 8.66. The molecule has 2 aromatic carbocycles. The normalized spacial score (nSPS) is 15.5. The second-order valence-corrected chi connectivity index (χ2v) is 8.66. The fourth-order valence-electron chi connectivity index (χ4n) is 4.00. The molecule has 5 nitrogen and oxygen atoms in total. The van der Waals surface area contributed by atoms with Crippen molar-refractivity contribution in [2.24, 2.45) is 0 Å². The van der Waals surface area contributed by atoms with Crippen molar-refractivity contribution < 1.29 is 27.5 Å². The van der Waals surface area contributed by atoms with Gasteiger partial charge in [0.1, 0.15) is 5.69 Å². The van der Waals surface area contributed by atoms with Gasteiger partial charge in [0.2, 0.25) is 0 Å². The fraction of sp³-hybridized carbons (Fsp3) is 0.308. The van der Waals surface area contributed by atoms with Gasteiger partial charge >= 0.3 is 6.18 Å². The lowest BCUT2D eigenvalue weighted by Gasteiger charge is -2.29. The van der Waals surface area contributed by atoms with Gasteiger partial charge in [0.15, 0.2) is 5.83 Å². The number of hydrogen-bond donors (Lipinski definition) is 1. The summed E-state index contributed by atoms with van der Waals surface area (Å²) in [6.07, 6.45) is -2.55. The summed E-state index contributed by atoms with van der Waals surface area (Å²) in [5.74, 6) is -0.759. The average molecular weight is 487 g/mol. The number of aliphatic hydroxyl groups is 1. The molecular formula is C26H25F4N3O2. The Kier molecular flexibility index (Phi) is 7.07. The zero-order valence-electron chi connectivity index (χ0n) is 19.1. The van der Waals surface area contributed by atoms with Crippen LogP contribution in [0.4, 0.5) is 17.6 Å². The van der Waals surface area contributed by atoms with Gasteiger partial charge in [-0.25, -0.2) is 4.39 Å². The minimum atomic E-state index is -4.45. The third-order valence-electron chi connectivity index (χ3n) is 6.02. The van der Waals surface area contributed by atoms with E-state index in [9.17, 15) is 27.5 Å². The molecule has 0 saturated carbocycles. The first kappa shape index (κ1) is 24.7. The highest BCUT2D eigenvalue weighted by atomic mass is 19.4. The maximum absolute atomic E-state index is 14.8. The van der Waals surface area contributed by atoms with Crippen molar-refractivity contribution in [1.82, 2.24) is 14.7 Å². The molecule has 1 fully saturated rings. The van der Waals surface area contributed by atoms with Crippen molar-refractivity contribution in [2.45, 2.75) is 38.6 Å². The van der Waals surface area contributed by atoms with Crippen molar-refractivity contribution in [3.8, 4) is 0 Å². The molecule has 0 aliphatic carbocycles. The fourth-order valence-corrected chi connectivity index (χ4v) is 4.00. The van der Waals surface area contributed by atoms with E-state index in [0.29, 0.717) is 49.3 Å². The first-order valence-corrected chi connectivity index (χ1v) is 11.3. The number of aromatic nitrogens is 2. The van der Waals surface area contributed by atoms with Crippen molar-refractivity contribution >= 4 is 17.8 Å². The monoisotopic (exact) mass is 487 g/mol. The van der Waals surface area contributed by atoms with Crippen LogP contribution in [0.2, 0.25) is 0 Å². The highest BCUT2D eigenvalue weighted by molar-refractivity contribution is 5.94. The molecule has 0 spiro atoms. The van der Waals surface area contributed by atoms with Gasteiger partial charge in [-0.2, -0.15) is 18.3 Å². The minimum absolute atomic E-state index is 0.0708. The summed E-state index contributed by atoms with van der Waals surface area (Å²) in [5, 5.41) is 14.0. The Hall–Kier alpha value is -3.46. The highest BCUT2D eigenvalue weighted by Crippen LogP contribution is 2.30. The molecule has 4 rings (SSSR count). The molecule has 1 aliphatic rings. The standard InChI is InChI=1S/C26H25F4N3O2/c1-17-13-24(23(27)15-18-5-7-21(8-6-18)26(28,29)30)31-33(17)16-19-3-2-4-20(14-19)25(35)32-11-9-22(34)10-12-32/h2-8,13-15,22,34H,9-12,16H2,1H3. The lowest BCUT2D eigenvalue weighted by atomic mass is 10.1. The number of alkyl halides is 3. The van der Waals surface area contributed by atoms with E-state index in [4.69, 9.17) is 0 Å². The summed E-state index contributed by atoms with van der Waals surface area (Å²) in [6.45, 7) is 3.11. The van der Waals surface area contributed by atoms with Crippen molar-refractivity contribution in [3.05, 3.63) is 88.2 Å².